The smallest absolute Gasteiger partial charge is 0.193 e. The maximum atomic E-state index is 5.76. The summed E-state index contributed by atoms with van der Waals surface area (Å²) in [5, 5.41) is 3.56. The summed E-state index contributed by atoms with van der Waals surface area (Å²) in [5.74, 6) is 2.42. The molecular weight excluding hydrogens is 425 g/mol. The lowest BCUT2D eigenvalue weighted by atomic mass is 10.1. The van der Waals surface area contributed by atoms with Gasteiger partial charge in [-0.1, -0.05) is 48.5 Å². The normalized spacial score (nSPS) is 18.9. The van der Waals surface area contributed by atoms with E-state index in [0.717, 1.165) is 24.7 Å². The van der Waals surface area contributed by atoms with Crippen molar-refractivity contribution >= 4 is 29.9 Å². The number of rotatable bonds is 6. The molecule has 1 saturated carbocycles. The van der Waals surface area contributed by atoms with Crippen molar-refractivity contribution in [3.8, 4) is 5.75 Å². The van der Waals surface area contributed by atoms with Crippen LogP contribution >= 0.6 is 24.0 Å². The first-order chi connectivity index (χ1) is 11.8. The summed E-state index contributed by atoms with van der Waals surface area (Å²) in [6.45, 7) is 1.42. The number of nitrogens with zero attached hydrogens (tertiary/aromatic N) is 2. The van der Waals surface area contributed by atoms with Crippen LogP contribution in [0.5, 0.6) is 5.75 Å². The Morgan fingerprint density at radius 1 is 1.12 bits per heavy atom. The molecule has 25 heavy (non-hydrogen) atoms. The average molecular weight is 451 g/mol. The number of likely N-dealkylation sites (N-methyl/N-ethyl adjacent to an activating group) is 1. The molecule has 0 aliphatic heterocycles. The van der Waals surface area contributed by atoms with Gasteiger partial charge in [-0.15, -0.1) is 24.0 Å². The zero-order valence-corrected chi connectivity index (χ0v) is 17.1. The highest BCUT2D eigenvalue weighted by Gasteiger charge is 2.39. The van der Waals surface area contributed by atoms with Crippen LogP contribution in [0.15, 0.2) is 65.7 Å². The van der Waals surface area contributed by atoms with Crippen LogP contribution in [-0.4, -0.2) is 44.1 Å². The van der Waals surface area contributed by atoms with E-state index in [-0.39, 0.29) is 24.0 Å². The molecule has 3 rings (SSSR count). The summed E-state index contributed by atoms with van der Waals surface area (Å²) < 4.78 is 5.76. The molecule has 2 aromatic rings. The van der Waals surface area contributed by atoms with Gasteiger partial charge in [0.05, 0.1) is 6.54 Å². The van der Waals surface area contributed by atoms with Gasteiger partial charge in [-0.3, -0.25) is 4.99 Å². The van der Waals surface area contributed by atoms with Crippen LogP contribution in [0.2, 0.25) is 0 Å². The Hall–Kier alpha value is -1.76. The molecule has 1 N–H and O–H groups in total. The highest BCUT2D eigenvalue weighted by molar-refractivity contribution is 14.0. The number of benzene rings is 2. The molecule has 2 unspecified atom stereocenters. The van der Waals surface area contributed by atoms with Gasteiger partial charge in [0, 0.05) is 26.1 Å². The van der Waals surface area contributed by atoms with Gasteiger partial charge < -0.3 is 15.0 Å². The van der Waals surface area contributed by atoms with Crippen molar-refractivity contribution in [1.82, 2.24) is 10.2 Å². The molecule has 134 valence electrons. The van der Waals surface area contributed by atoms with Crippen LogP contribution in [-0.2, 0) is 0 Å². The summed E-state index contributed by atoms with van der Waals surface area (Å²) in [6, 6.07) is 21.1. The Kier molecular flexibility index (Phi) is 7.55. The van der Waals surface area contributed by atoms with E-state index in [1.54, 1.807) is 0 Å². The molecule has 4 nitrogen and oxygen atoms in total. The lowest BCUT2D eigenvalue weighted by Gasteiger charge is -2.22. The molecule has 5 heteroatoms. The molecule has 0 amide bonds. The van der Waals surface area contributed by atoms with Crippen molar-refractivity contribution in [2.24, 2.45) is 4.99 Å². The van der Waals surface area contributed by atoms with Crippen molar-refractivity contribution < 1.29 is 4.74 Å². The molecule has 1 fully saturated rings. The summed E-state index contributed by atoms with van der Waals surface area (Å²) >= 11 is 0. The SMILES string of the molecule is CN=C(NC1CC1c1ccccc1)N(C)CCOc1ccccc1.I. The second kappa shape index (κ2) is 9.65. The van der Waals surface area contributed by atoms with E-state index < -0.39 is 0 Å². The van der Waals surface area contributed by atoms with E-state index >= 15 is 0 Å². The zero-order chi connectivity index (χ0) is 16.8. The Morgan fingerprint density at radius 3 is 2.40 bits per heavy atom. The molecule has 1 aliphatic rings. The molecule has 0 heterocycles. The summed E-state index contributed by atoms with van der Waals surface area (Å²) in [4.78, 5) is 6.51. The van der Waals surface area contributed by atoms with Gasteiger partial charge in [0.1, 0.15) is 12.4 Å². The minimum Gasteiger partial charge on any atom is -0.492 e. The van der Waals surface area contributed by atoms with Crippen LogP contribution in [0.4, 0.5) is 0 Å². The van der Waals surface area contributed by atoms with E-state index in [4.69, 9.17) is 4.74 Å². The number of nitrogens with one attached hydrogen (secondary N) is 1. The standard InChI is InChI=1S/C20H25N3O.HI/c1-21-20(22-19-15-18(19)16-9-5-3-6-10-16)23(2)13-14-24-17-11-7-4-8-12-17;/h3-12,18-19H,13-15H2,1-2H3,(H,21,22);1H. The van der Waals surface area contributed by atoms with Crippen LogP contribution in [0.1, 0.15) is 17.9 Å². The maximum Gasteiger partial charge on any atom is 0.193 e. The van der Waals surface area contributed by atoms with Crippen LogP contribution in [0.25, 0.3) is 0 Å². The first-order valence-corrected chi connectivity index (χ1v) is 8.45. The predicted octanol–water partition coefficient (Wildman–Crippen LogP) is 3.75. The van der Waals surface area contributed by atoms with Gasteiger partial charge in [0.15, 0.2) is 5.96 Å². The molecule has 0 radical (unpaired) electrons. The van der Waals surface area contributed by atoms with Crippen molar-refractivity contribution in [2.45, 2.75) is 18.4 Å². The summed E-state index contributed by atoms with van der Waals surface area (Å²) in [6.07, 6.45) is 1.16. The van der Waals surface area contributed by atoms with E-state index in [1.165, 1.54) is 5.56 Å². The fourth-order valence-corrected chi connectivity index (χ4v) is 2.86. The van der Waals surface area contributed by atoms with E-state index in [1.807, 2.05) is 44.4 Å². The van der Waals surface area contributed by atoms with Crippen molar-refractivity contribution in [2.75, 3.05) is 27.2 Å². The quantitative estimate of drug-likeness (QED) is 0.413. The largest absolute Gasteiger partial charge is 0.492 e. The zero-order valence-electron chi connectivity index (χ0n) is 14.8. The molecule has 0 bridgehead atoms. The Bertz CT molecular complexity index is 663. The van der Waals surface area contributed by atoms with Gasteiger partial charge in [-0.25, -0.2) is 0 Å². The second-order valence-electron chi connectivity index (χ2n) is 6.13. The number of ether oxygens (including phenoxy) is 1. The number of hydrogen-bond donors (Lipinski definition) is 1. The number of para-hydroxylation sites is 1. The van der Waals surface area contributed by atoms with Gasteiger partial charge in [-0.2, -0.15) is 0 Å². The molecule has 0 saturated heterocycles. The molecule has 0 spiro atoms. The molecule has 0 aromatic heterocycles. The fourth-order valence-electron chi connectivity index (χ4n) is 2.86. The third kappa shape index (κ3) is 5.63. The fraction of sp³-hybridized carbons (Fsp3) is 0.350. The lowest BCUT2D eigenvalue weighted by Crippen LogP contribution is -2.42. The number of halogens is 1. The predicted molar refractivity (Wildman–Crippen MR) is 114 cm³/mol. The van der Waals surface area contributed by atoms with Crippen LogP contribution in [0.3, 0.4) is 0 Å². The van der Waals surface area contributed by atoms with Gasteiger partial charge in [-0.05, 0) is 24.1 Å². The highest BCUT2D eigenvalue weighted by Crippen LogP contribution is 2.40. The Morgan fingerprint density at radius 2 is 1.76 bits per heavy atom. The van der Waals surface area contributed by atoms with Gasteiger partial charge >= 0.3 is 0 Å². The van der Waals surface area contributed by atoms with Crippen molar-refractivity contribution in [3.05, 3.63) is 66.2 Å². The highest BCUT2D eigenvalue weighted by atomic mass is 127. The molecule has 2 aromatic carbocycles. The molecule has 1 aliphatic carbocycles. The maximum absolute atomic E-state index is 5.76. The monoisotopic (exact) mass is 451 g/mol. The number of hydrogen-bond acceptors (Lipinski definition) is 2. The van der Waals surface area contributed by atoms with E-state index in [2.05, 4.69) is 45.5 Å². The summed E-state index contributed by atoms with van der Waals surface area (Å²) in [5.41, 5.74) is 1.40. The van der Waals surface area contributed by atoms with Crippen molar-refractivity contribution in [1.29, 1.82) is 0 Å². The van der Waals surface area contributed by atoms with Gasteiger partial charge in [0.2, 0.25) is 0 Å². The van der Waals surface area contributed by atoms with Gasteiger partial charge in [0.25, 0.3) is 0 Å². The van der Waals surface area contributed by atoms with E-state index in [0.29, 0.717) is 18.6 Å². The topological polar surface area (TPSA) is 36.9 Å². The van der Waals surface area contributed by atoms with E-state index in [9.17, 15) is 0 Å². The molecular formula is C20H26IN3O. The second-order valence-corrected chi connectivity index (χ2v) is 6.13. The Balaban J connectivity index is 0.00000225. The van der Waals surface area contributed by atoms with Crippen molar-refractivity contribution in [3.63, 3.8) is 0 Å². The first kappa shape index (κ1) is 19.6. The molecule has 2 atom stereocenters. The summed E-state index contributed by atoms with van der Waals surface area (Å²) in [7, 11) is 3.88. The van der Waals surface area contributed by atoms with Crippen LogP contribution < -0.4 is 10.1 Å². The number of guanidine groups is 1. The third-order valence-electron chi connectivity index (χ3n) is 4.34. The average Bonchev–Trinajstić information content (AvgIpc) is 3.40. The minimum absolute atomic E-state index is 0. The van der Waals surface area contributed by atoms with Crippen LogP contribution in [0, 0.1) is 0 Å². The third-order valence-corrected chi connectivity index (χ3v) is 4.34. The minimum atomic E-state index is 0. The first-order valence-electron chi connectivity index (χ1n) is 8.45. The number of aliphatic imine (C=N–C) groups is 1. The lowest BCUT2D eigenvalue weighted by molar-refractivity contribution is 0.281. The Labute approximate surface area is 167 Å².